The Kier molecular flexibility index (Phi) is 4.75. The predicted octanol–water partition coefficient (Wildman–Crippen LogP) is 2.55. The number of nitrogens with zero attached hydrogens (tertiary/aromatic N) is 2. The lowest BCUT2D eigenvalue weighted by atomic mass is 10.2. The molecule has 5 nitrogen and oxygen atoms in total. The summed E-state index contributed by atoms with van der Waals surface area (Å²) in [6.07, 6.45) is 1.95. The Bertz CT molecular complexity index is 557. The second kappa shape index (κ2) is 6.53. The van der Waals surface area contributed by atoms with Crippen LogP contribution >= 0.6 is 23.3 Å². The number of nitrogens with two attached hydrogens (primary N) is 1. The maximum atomic E-state index is 11.8. The van der Waals surface area contributed by atoms with E-state index in [-0.39, 0.29) is 5.91 Å². The zero-order chi connectivity index (χ0) is 13.7. The normalized spacial score (nSPS) is 10.4. The molecule has 1 aromatic heterocycles. The summed E-state index contributed by atoms with van der Waals surface area (Å²) in [6, 6.07) is 5.47. The topological polar surface area (TPSA) is 80.9 Å². The van der Waals surface area contributed by atoms with Gasteiger partial charge in [0.15, 0.2) is 4.34 Å². The second-order valence-electron chi connectivity index (χ2n) is 3.93. The highest BCUT2D eigenvalue weighted by Gasteiger charge is 2.06. The largest absolute Gasteiger partial charge is 0.399 e. The summed E-state index contributed by atoms with van der Waals surface area (Å²) in [5.74, 6) is 0.660. The molecule has 19 heavy (non-hydrogen) atoms. The van der Waals surface area contributed by atoms with Crippen LogP contribution in [0.2, 0.25) is 0 Å². The van der Waals surface area contributed by atoms with Gasteiger partial charge in [0.2, 0.25) is 5.91 Å². The van der Waals surface area contributed by atoms with Crippen LogP contribution in [0.5, 0.6) is 0 Å². The van der Waals surface area contributed by atoms with E-state index in [2.05, 4.69) is 14.7 Å². The number of nitrogens with one attached hydrogen (secondary N) is 1. The lowest BCUT2D eigenvalue weighted by Gasteiger charge is -2.08. The predicted molar refractivity (Wildman–Crippen MR) is 79.5 cm³/mol. The molecule has 2 rings (SSSR count). The summed E-state index contributed by atoms with van der Waals surface area (Å²) in [5, 5.41) is 2.87. The molecule has 0 bridgehead atoms. The monoisotopic (exact) mass is 294 g/mol. The first-order valence-corrected chi connectivity index (χ1v) is 7.46. The number of carbonyl (C=O) groups is 1. The molecule has 3 N–H and O–H groups in total. The molecule has 0 radical (unpaired) electrons. The van der Waals surface area contributed by atoms with Gasteiger partial charge in [-0.2, -0.15) is 4.37 Å². The number of amides is 1. The van der Waals surface area contributed by atoms with Crippen LogP contribution in [-0.4, -0.2) is 21.0 Å². The lowest BCUT2D eigenvalue weighted by molar-refractivity contribution is -0.115. The summed E-state index contributed by atoms with van der Waals surface area (Å²) < 4.78 is 4.79. The molecule has 2 aromatic rings. The maximum absolute atomic E-state index is 11.8. The van der Waals surface area contributed by atoms with Gasteiger partial charge in [-0.1, -0.05) is 17.8 Å². The molecule has 0 unspecified atom stereocenters. The van der Waals surface area contributed by atoms with Gasteiger partial charge in [0.05, 0.1) is 0 Å². The SMILES string of the molecule is Cc1ccc(N)cc1NC(=O)CCSc1ncns1. The van der Waals surface area contributed by atoms with Crippen LogP contribution in [0.25, 0.3) is 0 Å². The first kappa shape index (κ1) is 13.8. The Morgan fingerprint density at radius 3 is 3.11 bits per heavy atom. The van der Waals surface area contributed by atoms with E-state index in [1.54, 1.807) is 6.07 Å². The van der Waals surface area contributed by atoms with Gasteiger partial charge in [-0.25, -0.2) is 4.98 Å². The van der Waals surface area contributed by atoms with Crippen LogP contribution in [0, 0.1) is 6.92 Å². The Balaban J connectivity index is 1.82. The average molecular weight is 294 g/mol. The van der Waals surface area contributed by atoms with Gasteiger partial charge in [0.1, 0.15) is 6.33 Å². The Labute approximate surface area is 119 Å². The first-order valence-electron chi connectivity index (χ1n) is 5.70. The third-order valence-electron chi connectivity index (χ3n) is 2.43. The number of aromatic nitrogens is 2. The first-order chi connectivity index (χ1) is 9.15. The minimum atomic E-state index is -0.0225. The van der Waals surface area contributed by atoms with Gasteiger partial charge in [0.25, 0.3) is 0 Å². The third kappa shape index (κ3) is 4.22. The minimum absolute atomic E-state index is 0.0225. The molecule has 0 saturated carbocycles. The highest BCUT2D eigenvalue weighted by Crippen LogP contribution is 2.21. The number of anilines is 2. The van der Waals surface area contributed by atoms with E-state index in [9.17, 15) is 4.79 Å². The number of benzene rings is 1. The highest BCUT2D eigenvalue weighted by molar-refractivity contribution is 8.00. The highest BCUT2D eigenvalue weighted by atomic mass is 32.2. The van der Waals surface area contributed by atoms with Crippen LogP contribution in [-0.2, 0) is 4.79 Å². The van der Waals surface area contributed by atoms with E-state index in [1.807, 2.05) is 19.1 Å². The van der Waals surface area contributed by atoms with Crippen molar-refractivity contribution in [1.29, 1.82) is 0 Å². The zero-order valence-electron chi connectivity index (χ0n) is 10.4. The van der Waals surface area contributed by atoms with Crippen molar-refractivity contribution < 1.29 is 4.79 Å². The summed E-state index contributed by atoms with van der Waals surface area (Å²) in [5.41, 5.74) is 8.11. The molecule has 0 spiro atoms. The number of rotatable bonds is 5. The number of aryl methyl sites for hydroxylation is 1. The van der Waals surface area contributed by atoms with Crippen molar-refractivity contribution in [3.63, 3.8) is 0 Å². The summed E-state index contributed by atoms with van der Waals surface area (Å²) in [7, 11) is 0. The lowest BCUT2D eigenvalue weighted by Crippen LogP contribution is -2.13. The van der Waals surface area contributed by atoms with Gasteiger partial charge in [0, 0.05) is 23.5 Å². The van der Waals surface area contributed by atoms with Gasteiger partial charge >= 0.3 is 0 Å². The van der Waals surface area contributed by atoms with Crippen molar-refractivity contribution in [1.82, 2.24) is 9.36 Å². The number of nitrogen functional groups attached to an aromatic ring is 1. The molecule has 100 valence electrons. The second-order valence-corrected chi connectivity index (χ2v) is 6.05. The molecule has 0 fully saturated rings. The van der Waals surface area contributed by atoms with E-state index in [1.165, 1.54) is 29.6 Å². The summed E-state index contributed by atoms with van der Waals surface area (Å²) >= 11 is 2.87. The Morgan fingerprint density at radius 1 is 1.53 bits per heavy atom. The summed E-state index contributed by atoms with van der Waals surface area (Å²) in [4.78, 5) is 15.9. The van der Waals surface area contributed by atoms with Gasteiger partial charge in [-0.15, -0.1) is 0 Å². The molecular formula is C12H14N4OS2. The molecule has 7 heteroatoms. The van der Waals surface area contributed by atoms with E-state index >= 15 is 0 Å². The van der Waals surface area contributed by atoms with Crippen molar-refractivity contribution in [2.24, 2.45) is 0 Å². The van der Waals surface area contributed by atoms with Crippen LogP contribution < -0.4 is 11.1 Å². The minimum Gasteiger partial charge on any atom is -0.399 e. The molecule has 0 aliphatic rings. The maximum Gasteiger partial charge on any atom is 0.225 e. The van der Waals surface area contributed by atoms with Crippen molar-refractivity contribution in [2.75, 3.05) is 16.8 Å². The van der Waals surface area contributed by atoms with Crippen molar-refractivity contribution in [2.45, 2.75) is 17.7 Å². The number of hydrogen-bond acceptors (Lipinski definition) is 6. The van der Waals surface area contributed by atoms with Gasteiger partial charge in [-0.05, 0) is 36.2 Å². The quantitative estimate of drug-likeness (QED) is 0.654. The average Bonchev–Trinajstić information content (AvgIpc) is 2.87. The Hall–Kier alpha value is -1.60. The Morgan fingerprint density at radius 2 is 2.37 bits per heavy atom. The molecule has 0 atom stereocenters. The van der Waals surface area contributed by atoms with Crippen LogP contribution in [0.4, 0.5) is 11.4 Å². The molecule has 1 heterocycles. The van der Waals surface area contributed by atoms with Gasteiger partial charge in [-0.3, -0.25) is 4.79 Å². The van der Waals surface area contributed by atoms with E-state index in [0.29, 0.717) is 17.9 Å². The van der Waals surface area contributed by atoms with E-state index in [4.69, 9.17) is 5.73 Å². The van der Waals surface area contributed by atoms with Crippen molar-refractivity contribution >= 4 is 40.6 Å². The molecule has 1 amide bonds. The van der Waals surface area contributed by atoms with Crippen molar-refractivity contribution in [3.8, 4) is 0 Å². The molecule has 1 aromatic carbocycles. The van der Waals surface area contributed by atoms with E-state index in [0.717, 1.165) is 15.6 Å². The fraction of sp³-hybridized carbons (Fsp3) is 0.250. The molecular weight excluding hydrogens is 280 g/mol. The fourth-order valence-corrected chi connectivity index (χ4v) is 2.90. The molecule has 0 aliphatic heterocycles. The molecule has 0 saturated heterocycles. The molecule has 0 aliphatic carbocycles. The zero-order valence-corrected chi connectivity index (χ0v) is 12.1. The number of thioether (sulfide) groups is 1. The number of carbonyl (C=O) groups excluding carboxylic acids is 1. The summed E-state index contributed by atoms with van der Waals surface area (Å²) in [6.45, 7) is 1.94. The van der Waals surface area contributed by atoms with Gasteiger partial charge < -0.3 is 11.1 Å². The standard InChI is InChI=1S/C12H14N4OS2/c1-8-2-3-9(13)6-10(8)16-11(17)4-5-18-12-14-7-15-19-12/h2-3,6-7H,4-5,13H2,1H3,(H,16,17). The smallest absolute Gasteiger partial charge is 0.225 e. The van der Waals surface area contributed by atoms with Crippen LogP contribution in [0.15, 0.2) is 28.9 Å². The fourth-order valence-electron chi connectivity index (χ4n) is 1.44. The van der Waals surface area contributed by atoms with Crippen LogP contribution in [0.3, 0.4) is 0 Å². The number of hydrogen-bond donors (Lipinski definition) is 2. The van der Waals surface area contributed by atoms with E-state index < -0.39 is 0 Å². The van der Waals surface area contributed by atoms with Crippen molar-refractivity contribution in [3.05, 3.63) is 30.1 Å². The third-order valence-corrected chi connectivity index (χ3v) is 4.23. The van der Waals surface area contributed by atoms with Crippen LogP contribution in [0.1, 0.15) is 12.0 Å².